The molecule has 2 aliphatic rings. The summed E-state index contributed by atoms with van der Waals surface area (Å²) in [5, 5.41) is 12.2. The van der Waals surface area contributed by atoms with Crippen LogP contribution < -0.4 is 10.2 Å². The van der Waals surface area contributed by atoms with Crippen LogP contribution in [0.25, 0.3) is 0 Å². The van der Waals surface area contributed by atoms with Crippen LogP contribution in [-0.2, 0) is 14.4 Å². The van der Waals surface area contributed by atoms with Crippen LogP contribution in [0.4, 0.5) is 5.69 Å². The minimum Gasteiger partial charge on any atom is -0.479 e. The molecule has 2 saturated heterocycles. The van der Waals surface area contributed by atoms with Gasteiger partial charge >= 0.3 is 5.97 Å². The number of carboxylic acid groups (broad SMARTS) is 1. The number of nitrogens with zero attached hydrogens (tertiary/aromatic N) is 1. The van der Waals surface area contributed by atoms with Gasteiger partial charge < -0.3 is 15.3 Å². The van der Waals surface area contributed by atoms with Gasteiger partial charge in [0, 0.05) is 24.4 Å². The summed E-state index contributed by atoms with van der Waals surface area (Å²) in [5.74, 6) is -0.879. The molecular formula is C17H20N2O4S. The molecule has 2 unspecified atom stereocenters. The predicted molar refractivity (Wildman–Crippen MR) is 92.1 cm³/mol. The molecule has 128 valence electrons. The summed E-state index contributed by atoms with van der Waals surface area (Å²) in [4.78, 5) is 37.9. The van der Waals surface area contributed by atoms with E-state index in [1.807, 2.05) is 31.2 Å². The van der Waals surface area contributed by atoms with Gasteiger partial charge in [-0.15, -0.1) is 0 Å². The standard InChI is InChI=1S/C17H20N2O4S/c1-11-2-4-13(5-3-11)19-9-12(8-14(19)20)15(21)18-17(16(22)23)6-7-24-10-17/h2-5,12H,6-10H2,1H3,(H,18,21)(H,22,23). The molecule has 2 atom stereocenters. The zero-order chi connectivity index (χ0) is 17.3. The molecule has 2 aliphatic heterocycles. The first-order valence-electron chi connectivity index (χ1n) is 7.91. The van der Waals surface area contributed by atoms with Gasteiger partial charge in [-0.3, -0.25) is 9.59 Å². The van der Waals surface area contributed by atoms with Gasteiger partial charge in [-0.05, 0) is 31.2 Å². The van der Waals surface area contributed by atoms with Crippen LogP contribution in [0.5, 0.6) is 0 Å². The van der Waals surface area contributed by atoms with Gasteiger partial charge in [0.05, 0.1) is 5.92 Å². The van der Waals surface area contributed by atoms with Gasteiger partial charge in [0.2, 0.25) is 11.8 Å². The number of rotatable bonds is 4. The Kier molecular flexibility index (Phi) is 4.54. The summed E-state index contributed by atoms with van der Waals surface area (Å²) in [5.41, 5.74) is 0.675. The predicted octanol–water partition coefficient (Wildman–Crippen LogP) is 1.42. The maximum Gasteiger partial charge on any atom is 0.330 e. The van der Waals surface area contributed by atoms with E-state index in [4.69, 9.17) is 0 Å². The Bertz CT molecular complexity index is 668. The molecule has 24 heavy (non-hydrogen) atoms. The molecule has 2 amide bonds. The lowest BCUT2D eigenvalue weighted by Crippen LogP contribution is -2.56. The Morgan fingerprint density at radius 3 is 2.62 bits per heavy atom. The normalized spacial score (nSPS) is 26.6. The van der Waals surface area contributed by atoms with Crippen molar-refractivity contribution < 1.29 is 19.5 Å². The number of hydrogen-bond acceptors (Lipinski definition) is 4. The second-order valence-corrected chi connectivity index (χ2v) is 7.53. The summed E-state index contributed by atoms with van der Waals surface area (Å²) in [6, 6.07) is 7.57. The van der Waals surface area contributed by atoms with Crippen molar-refractivity contribution in [3.63, 3.8) is 0 Å². The fraction of sp³-hybridized carbons (Fsp3) is 0.471. The van der Waals surface area contributed by atoms with Crippen molar-refractivity contribution in [2.24, 2.45) is 5.92 Å². The van der Waals surface area contributed by atoms with Gasteiger partial charge in [-0.25, -0.2) is 4.79 Å². The molecule has 2 heterocycles. The Labute approximate surface area is 144 Å². The molecule has 0 spiro atoms. The van der Waals surface area contributed by atoms with Crippen LogP contribution in [0.2, 0.25) is 0 Å². The maximum atomic E-state index is 12.5. The molecule has 6 nitrogen and oxygen atoms in total. The number of anilines is 1. The number of nitrogens with one attached hydrogen (secondary N) is 1. The number of benzene rings is 1. The van der Waals surface area contributed by atoms with Gasteiger partial charge in [-0.2, -0.15) is 11.8 Å². The van der Waals surface area contributed by atoms with Gasteiger partial charge in [0.1, 0.15) is 5.54 Å². The molecule has 0 bridgehead atoms. The van der Waals surface area contributed by atoms with Crippen LogP contribution in [0.15, 0.2) is 24.3 Å². The smallest absolute Gasteiger partial charge is 0.330 e. The summed E-state index contributed by atoms with van der Waals surface area (Å²) < 4.78 is 0. The number of aryl methyl sites for hydroxylation is 1. The number of amides is 2. The second-order valence-electron chi connectivity index (χ2n) is 6.42. The molecule has 2 N–H and O–H groups in total. The van der Waals surface area contributed by atoms with Crippen molar-refractivity contribution in [1.82, 2.24) is 5.32 Å². The minimum absolute atomic E-state index is 0.107. The fourth-order valence-corrected chi connectivity index (χ4v) is 4.41. The third-order valence-corrected chi connectivity index (χ3v) is 5.82. The molecule has 0 radical (unpaired) electrons. The Hall–Kier alpha value is -2.02. The highest BCUT2D eigenvalue weighted by molar-refractivity contribution is 7.99. The summed E-state index contributed by atoms with van der Waals surface area (Å²) in [6.45, 7) is 2.26. The van der Waals surface area contributed by atoms with Crippen LogP contribution in [0, 0.1) is 12.8 Å². The van der Waals surface area contributed by atoms with Crippen molar-refractivity contribution in [2.75, 3.05) is 23.0 Å². The Balaban J connectivity index is 1.70. The fourth-order valence-electron chi connectivity index (χ4n) is 3.08. The van der Waals surface area contributed by atoms with E-state index in [1.165, 1.54) is 11.8 Å². The number of carbonyl (C=O) groups excluding carboxylic acids is 2. The first kappa shape index (κ1) is 16.8. The molecule has 7 heteroatoms. The topological polar surface area (TPSA) is 86.7 Å². The zero-order valence-corrected chi connectivity index (χ0v) is 14.3. The SMILES string of the molecule is Cc1ccc(N2CC(C(=O)NC3(C(=O)O)CCSC3)CC2=O)cc1. The largest absolute Gasteiger partial charge is 0.479 e. The molecular weight excluding hydrogens is 328 g/mol. The highest BCUT2D eigenvalue weighted by Gasteiger charge is 2.45. The van der Waals surface area contributed by atoms with E-state index in [0.717, 1.165) is 11.3 Å². The Morgan fingerprint density at radius 2 is 2.04 bits per heavy atom. The molecule has 1 aromatic rings. The third-order valence-electron chi connectivity index (χ3n) is 4.63. The molecule has 0 aromatic heterocycles. The van der Waals surface area contributed by atoms with Gasteiger partial charge in [0.25, 0.3) is 0 Å². The van der Waals surface area contributed by atoms with Gasteiger partial charge in [-0.1, -0.05) is 17.7 Å². The first-order valence-corrected chi connectivity index (χ1v) is 9.07. The number of aliphatic carboxylic acids is 1. The van der Waals surface area contributed by atoms with E-state index in [2.05, 4.69) is 5.32 Å². The minimum atomic E-state index is -1.19. The highest BCUT2D eigenvalue weighted by Crippen LogP contribution is 2.30. The molecule has 0 aliphatic carbocycles. The van der Waals surface area contributed by atoms with Crippen molar-refractivity contribution in [3.05, 3.63) is 29.8 Å². The van der Waals surface area contributed by atoms with E-state index in [9.17, 15) is 19.5 Å². The summed E-state index contributed by atoms with van der Waals surface area (Å²) >= 11 is 1.52. The average Bonchev–Trinajstić information content (AvgIpc) is 3.16. The van der Waals surface area contributed by atoms with Crippen molar-refractivity contribution in [1.29, 1.82) is 0 Å². The second kappa shape index (κ2) is 6.47. The number of thioether (sulfide) groups is 1. The lowest BCUT2D eigenvalue weighted by molar-refractivity contribution is -0.147. The van der Waals surface area contributed by atoms with E-state index >= 15 is 0 Å². The van der Waals surface area contributed by atoms with Crippen molar-refractivity contribution >= 4 is 35.2 Å². The molecule has 0 saturated carbocycles. The van der Waals surface area contributed by atoms with E-state index in [0.29, 0.717) is 17.9 Å². The average molecular weight is 348 g/mol. The number of carboxylic acids is 1. The molecule has 2 fully saturated rings. The van der Waals surface area contributed by atoms with Crippen LogP contribution in [-0.4, -0.2) is 46.5 Å². The third kappa shape index (κ3) is 3.13. The van der Waals surface area contributed by atoms with Crippen LogP contribution in [0.1, 0.15) is 18.4 Å². The summed E-state index contributed by atoms with van der Waals surface area (Å²) in [6.07, 6.45) is 0.531. The van der Waals surface area contributed by atoms with Gasteiger partial charge in [0.15, 0.2) is 0 Å². The lowest BCUT2D eigenvalue weighted by atomic mass is 9.97. The molecule has 1 aromatic carbocycles. The van der Waals surface area contributed by atoms with E-state index in [1.54, 1.807) is 4.90 Å². The quantitative estimate of drug-likeness (QED) is 0.859. The van der Waals surface area contributed by atoms with Crippen molar-refractivity contribution in [3.8, 4) is 0 Å². The van der Waals surface area contributed by atoms with E-state index in [-0.39, 0.29) is 24.8 Å². The zero-order valence-electron chi connectivity index (χ0n) is 13.4. The first-order chi connectivity index (χ1) is 11.4. The number of carbonyl (C=O) groups is 3. The lowest BCUT2D eigenvalue weighted by Gasteiger charge is -2.26. The van der Waals surface area contributed by atoms with Crippen LogP contribution >= 0.6 is 11.8 Å². The van der Waals surface area contributed by atoms with Crippen LogP contribution in [0.3, 0.4) is 0 Å². The maximum absolute atomic E-state index is 12.5. The number of hydrogen-bond donors (Lipinski definition) is 2. The summed E-state index contributed by atoms with van der Waals surface area (Å²) in [7, 11) is 0. The van der Waals surface area contributed by atoms with Crippen molar-refractivity contribution in [2.45, 2.75) is 25.3 Å². The van der Waals surface area contributed by atoms with E-state index < -0.39 is 17.4 Å². The highest BCUT2D eigenvalue weighted by atomic mass is 32.2. The molecule has 3 rings (SSSR count). The monoisotopic (exact) mass is 348 g/mol. The Morgan fingerprint density at radius 1 is 1.33 bits per heavy atom.